The standard InChI is InChI=1S/C23H22ClNO7/c1-6-4-11(24)12-7(2)9-5-10-15(19(28)14(9)20(29)16(12)18(6)27)23(32)22(31)13(8(3)26)21(30)17(10)25/h4,10,15,17,23,27,29-30,32H,5,25H2,1-3H3/t10?,15?,17-,23+/m1/s1. The Labute approximate surface area is 187 Å². The molecule has 0 aliphatic heterocycles. The number of aryl methyl sites for hydroxylation is 2. The lowest BCUT2D eigenvalue weighted by atomic mass is 9.68. The third-order valence-corrected chi connectivity index (χ3v) is 7.03. The molecule has 2 aliphatic rings. The van der Waals surface area contributed by atoms with Crippen LogP contribution in [0.3, 0.4) is 0 Å². The van der Waals surface area contributed by atoms with Crippen LogP contribution in [0.15, 0.2) is 17.4 Å². The summed E-state index contributed by atoms with van der Waals surface area (Å²) in [4.78, 5) is 38.3. The van der Waals surface area contributed by atoms with Crippen LogP contribution in [0, 0.1) is 25.7 Å². The number of benzene rings is 2. The number of aliphatic hydroxyl groups is 2. The van der Waals surface area contributed by atoms with Gasteiger partial charge in [0.25, 0.3) is 0 Å². The number of halogens is 1. The molecule has 0 fully saturated rings. The van der Waals surface area contributed by atoms with Crippen molar-refractivity contribution in [1.82, 2.24) is 0 Å². The second kappa shape index (κ2) is 7.30. The molecule has 6 N–H and O–H groups in total. The van der Waals surface area contributed by atoms with E-state index in [0.717, 1.165) is 6.92 Å². The highest BCUT2D eigenvalue weighted by Crippen LogP contribution is 2.49. The fourth-order valence-electron chi connectivity index (χ4n) is 5.10. The highest BCUT2D eigenvalue weighted by atomic mass is 35.5. The van der Waals surface area contributed by atoms with Crippen LogP contribution in [0.5, 0.6) is 11.5 Å². The molecule has 32 heavy (non-hydrogen) atoms. The maximum Gasteiger partial charge on any atom is 0.199 e. The number of rotatable bonds is 1. The first-order valence-electron chi connectivity index (χ1n) is 10.0. The van der Waals surface area contributed by atoms with Crippen LogP contribution in [0.1, 0.15) is 34.0 Å². The lowest BCUT2D eigenvalue weighted by Gasteiger charge is -2.36. The number of carbonyl (C=O) groups excluding carboxylic acids is 3. The number of fused-ring (bicyclic) bond motifs is 3. The van der Waals surface area contributed by atoms with E-state index in [9.17, 15) is 34.8 Å². The molecule has 4 rings (SSSR count). The van der Waals surface area contributed by atoms with E-state index in [4.69, 9.17) is 17.3 Å². The molecule has 0 bridgehead atoms. The second-order valence-corrected chi connectivity index (χ2v) is 8.92. The van der Waals surface area contributed by atoms with Crippen molar-refractivity contribution in [2.24, 2.45) is 17.6 Å². The zero-order valence-electron chi connectivity index (χ0n) is 17.6. The van der Waals surface area contributed by atoms with Crippen molar-refractivity contribution in [3.63, 3.8) is 0 Å². The summed E-state index contributed by atoms with van der Waals surface area (Å²) < 4.78 is 0. The minimum atomic E-state index is -1.93. The topological polar surface area (TPSA) is 158 Å². The Hall–Kier alpha value is -2.94. The summed E-state index contributed by atoms with van der Waals surface area (Å²) in [5.74, 6) is -6.35. The minimum absolute atomic E-state index is 0.00202. The predicted octanol–water partition coefficient (Wildman–Crippen LogP) is 2.16. The number of phenols is 2. The van der Waals surface area contributed by atoms with E-state index in [-0.39, 0.29) is 28.1 Å². The molecule has 2 aromatic rings. The van der Waals surface area contributed by atoms with Gasteiger partial charge in [-0.15, -0.1) is 0 Å². The molecular formula is C23H22ClNO7. The SMILES string of the molecule is CC(=O)C1=C(O)[C@H](N)C2Cc3c(c(O)c4c(O)c(C)cc(Cl)c4c3C)C(=O)C2[C@H](O)C1=O. The molecule has 0 heterocycles. The van der Waals surface area contributed by atoms with Crippen molar-refractivity contribution in [1.29, 1.82) is 0 Å². The second-order valence-electron chi connectivity index (χ2n) is 8.51. The number of aromatic hydroxyl groups is 2. The molecule has 0 saturated carbocycles. The third-order valence-electron chi connectivity index (χ3n) is 6.74. The van der Waals surface area contributed by atoms with Gasteiger partial charge < -0.3 is 26.2 Å². The fraction of sp³-hybridized carbons (Fsp3) is 0.348. The van der Waals surface area contributed by atoms with Crippen LogP contribution < -0.4 is 5.73 Å². The Balaban J connectivity index is 2.04. The lowest BCUT2D eigenvalue weighted by molar-refractivity contribution is -0.128. The molecule has 0 radical (unpaired) electrons. The van der Waals surface area contributed by atoms with Gasteiger partial charge in [0.05, 0.1) is 22.9 Å². The fourth-order valence-corrected chi connectivity index (χ4v) is 5.50. The van der Waals surface area contributed by atoms with E-state index in [1.54, 1.807) is 19.9 Å². The van der Waals surface area contributed by atoms with Gasteiger partial charge in [-0.05, 0) is 55.9 Å². The number of ketones is 3. The zero-order valence-corrected chi connectivity index (χ0v) is 18.3. The predicted molar refractivity (Wildman–Crippen MR) is 116 cm³/mol. The van der Waals surface area contributed by atoms with Crippen LogP contribution in [0.2, 0.25) is 5.02 Å². The maximum absolute atomic E-state index is 13.6. The van der Waals surface area contributed by atoms with Crippen molar-refractivity contribution >= 4 is 39.7 Å². The van der Waals surface area contributed by atoms with Gasteiger partial charge in [-0.1, -0.05) is 11.6 Å². The summed E-state index contributed by atoms with van der Waals surface area (Å²) in [6, 6.07) is 0.273. The Morgan fingerprint density at radius 3 is 2.31 bits per heavy atom. The Morgan fingerprint density at radius 1 is 1.09 bits per heavy atom. The summed E-state index contributed by atoms with van der Waals surface area (Å²) in [6.45, 7) is 4.33. The van der Waals surface area contributed by atoms with Gasteiger partial charge in [0.2, 0.25) is 0 Å². The van der Waals surface area contributed by atoms with Gasteiger partial charge in [0.1, 0.15) is 28.9 Å². The van der Waals surface area contributed by atoms with E-state index >= 15 is 0 Å². The van der Waals surface area contributed by atoms with E-state index in [2.05, 4.69) is 0 Å². The van der Waals surface area contributed by atoms with Gasteiger partial charge in [0, 0.05) is 10.4 Å². The maximum atomic E-state index is 13.6. The molecular weight excluding hydrogens is 438 g/mol. The minimum Gasteiger partial charge on any atom is -0.510 e. The van der Waals surface area contributed by atoms with Crippen molar-refractivity contribution in [2.45, 2.75) is 39.3 Å². The van der Waals surface area contributed by atoms with E-state index in [1.807, 2.05) is 0 Å². The van der Waals surface area contributed by atoms with Crippen LogP contribution >= 0.6 is 11.6 Å². The van der Waals surface area contributed by atoms with E-state index < -0.39 is 58.4 Å². The number of Topliss-reactive ketones (excluding diaryl/α,β-unsaturated/α-hetero) is 3. The largest absolute Gasteiger partial charge is 0.510 e. The summed E-state index contributed by atoms with van der Waals surface area (Å²) in [5, 5.41) is 43.5. The van der Waals surface area contributed by atoms with E-state index in [1.165, 1.54) is 0 Å². The first-order valence-corrected chi connectivity index (χ1v) is 10.4. The number of carbonyl (C=O) groups is 3. The monoisotopic (exact) mass is 459 g/mol. The van der Waals surface area contributed by atoms with Crippen molar-refractivity contribution < 1.29 is 34.8 Å². The van der Waals surface area contributed by atoms with Gasteiger partial charge >= 0.3 is 0 Å². The quantitative estimate of drug-likeness (QED) is 0.406. The lowest BCUT2D eigenvalue weighted by Crippen LogP contribution is -2.48. The molecule has 2 aliphatic carbocycles. The van der Waals surface area contributed by atoms with Gasteiger partial charge in [-0.3, -0.25) is 14.4 Å². The number of hydrogen-bond donors (Lipinski definition) is 5. The van der Waals surface area contributed by atoms with Crippen LogP contribution in [0.25, 0.3) is 10.8 Å². The van der Waals surface area contributed by atoms with Crippen molar-refractivity contribution in [2.75, 3.05) is 0 Å². The molecule has 0 amide bonds. The van der Waals surface area contributed by atoms with Crippen LogP contribution in [0.4, 0.5) is 0 Å². The summed E-state index contributed by atoms with van der Waals surface area (Å²) >= 11 is 6.40. The van der Waals surface area contributed by atoms with Crippen molar-refractivity contribution in [3.05, 3.63) is 44.7 Å². The molecule has 8 nitrogen and oxygen atoms in total. The molecule has 2 unspecified atom stereocenters. The zero-order chi connectivity index (χ0) is 23.8. The number of hydrogen-bond acceptors (Lipinski definition) is 8. The summed E-state index contributed by atoms with van der Waals surface area (Å²) in [5.41, 5.74) is 6.71. The Kier molecular flexibility index (Phi) is 5.08. The highest BCUT2D eigenvalue weighted by Gasteiger charge is 2.51. The van der Waals surface area contributed by atoms with Crippen LogP contribution in [-0.2, 0) is 16.0 Å². The average molecular weight is 460 g/mol. The molecule has 0 aromatic heterocycles. The normalized spacial score (nSPS) is 25.6. The van der Waals surface area contributed by atoms with Crippen molar-refractivity contribution in [3.8, 4) is 11.5 Å². The van der Waals surface area contributed by atoms with E-state index in [0.29, 0.717) is 22.1 Å². The Bertz CT molecular complexity index is 1280. The summed E-state index contributed by atoms with van der Waals surface area (Å²) in [6.07, 6.45) is -1.91. The van der Waals surface area contributed by atoms with Gasteiger partial charge in [-0.25, -0.2) is 0 Å². The Morgan fingerprint density at radius 2 is 1.72 bits per heavy atom. The van der Waals surface area contributed by atoms with Gasteiger partial charge in [0.15, 0.2) is 17.3 Å². The molecule has 4 atom stereocenters. The number of nitrogens with two attached hydrogens (primary N) is 1. The molecule has 0 spiro atoms. The smallest absolute Gasteiger partial charge is 0.199 e. The summed E-state index contributed by atoms with van der Waals surface area (Å²) in [7, 11) is 0. The average Bonchev–Trinajstić information content (AvgIpc) is 2.78. The number of aliphatic hydroxyl groups excluding tert-OH is 2. The third kappa shape index (κ3) is 2.80. The first kappa shape index (κ1) is 22.3. The molecule has 0 saturated heterocycles. The van der Waals surface area contributed by atoms with Gasteiger partial charge in [-0.2, -0.15) is 0 Å². The molecule has 2 aromatic carbocycles. The first-order chi connectivity index (χ1) is 14.9. The molecule has 9 heteroatoms. The number of phenolic OH excluding ortho intramolecular Hbond substituents is 2. The highest BCUT2D eigenvalue weighted by molar-refractivity contribution is 6.37. The molecule has 168 valence electrons. The van der Waals surface area contributed by atoms with Crippen LogP contribution in [-0.4, -0.2) is 49.9 Å².